The van der Waals surface area contributed by atoms with Crippen molar-refractivity contribution in [2.45, 2.75) is 59.8 Å². The third-order valence-electron chi connectivity index (χ3n) is 5.27. The first kappa shape index (κ1) is 19.1. The molecule has 0 aliphatic carbocycles. The largest absolute Gasteiger partial charge is 0.0843 e. The van der Waals surface area contributed by atoms with Gasteiger partial charge in [0.1, 0.15) is 0 Å². The molecule has 0 aliphatic heterocycles. The molecular weight excluding hydrogens is 312 g/mol. The van der Waals surface area contributed by atoms with Crippen LogP contribution in [0.2, 0.25) is 5.02 Å². The predicted molar refractivity (Wildman–Crippen MR) is 107 cm³/mol. The molecule has 2 unspecified atom stereocenters. The molecule has 0 N–H and O–H groups in total. The summed E-state index contributed by atoms with van der Waals surface area (Å²) in [7, 11) is 0. The molecular formula is C23H31Cl. The molecule has 0 aromatic heterocycles. The van der Waals surface area contributed by atoms with Crippen molar-refractivity contribution in [3.8, 4) is 0 Å². The molecule has 0 radical (unpaired) electrons. The first-order valence-electron chi connectivity index (χ1n) is 9.02. The third kappa shape index (κ3) is 4.86. The standard InChI is InChI=1S/C23H31Cl/c1-16(2)22(19-10-8-7-9-11-19)14-18-12-20(15-21(24)13-18)17(3)23(4,5)6/h7-13,15-17,22H,14H2,1-6H3. The molecule has 1 heteroatoms. The Morgan fingerprint density at radius 3 is 2.04 bits per heavy atom. The lowest BCUT2D eigenvalue weighted by atomic mass is 9.77. The van der Waals surface area contributed by atoms with E-state index in [1.165, 1.54) is 16.7 Å². The van der Waals surface area contributed by atoms with Crippen molar-refractivity contribution >= 4 is 11.6 Å². The molecule has 0 amide bonds. The van der Waals surface area contributed by atoms with Crippen molar-refractivity contribution < 1.29 is 0 Å². The molecule has 0 aliphatic rings. The van der Waals surface area contributed by atoms with Gasteiger partial charge >= 0.3 is 0 Å². The Kier molecular flexibility index (Phi) is 6.15. The van der Waals surface area contributed by atoms with Crippen LogP contribution in [0.3, 0.4) is 0 Å². The average molecular weight is 343 g/mol. The van der Waals surface area contributed by atoms with Crippen molar-refractivity contribution in [3.05, 3.63) is 70.2 Å². The molecule has 0 fully saturated rings. The van der Waals surface area contributed by atoms with Crippen LogP contribution in [0.25, 0.3) is 0 Å². The summed E-state index contributed by atoms with van der Waals surface area (Å²) in [5, 5.41) is 0.856. The predicted octanol–water partition coefficient (Wildman–Crippen LogP) is 7.47. The highest BCUT2D eigenvalue weighted by atomic mass is 35.5. The summed E-state index contributed by atoms with van der Waals surface area (Å²) in [6, 6.07) is 17.5. The van der Waals surface area contributed by atoms with Crippen molar-refractivity contribution in [1.29, 1.82) is 0 Å². The number of benzene rings is 2. The molecule has 2 aromatic carbocycles. The van der Waals surface area contributed by atoms with Crippen LogP contribution in [0, 0.1) is 11.3 Å². The summed E-state index contributed by atoms with van der Waals surface area (Å²) in [6.07, 6.45) is 1.03. The average Bonchev–Trinajstić information content (AvgIpc) is 2.51. The fraction of sp³-hybridized carbons (Fsp3) is 0.478. The summed E-state index contributed by atoms with van der Waals surface area (Å²) in [6.45, 7) is 13.8. The fourth-order valence-corrected chi connectivity index (χ4v) is 3.50. The Balaban J connectivity index is 2.33. The van der Waals surface area contributed by atoms with E-state index >= 15 is 0 Å². The normalized spacial score (nSPS) is 14.7. The Bertz CT molecular complexity index is 649. The maximum Gasteiger partial charge on any atom is 0.0411 e. The van der Waals surface area contributed by atoms with E-state index < -0.39 is 0 Å². The van der Waals surface area contributed by atoms with E-state index in [-0.39, 0.29) is 5.41 Å². The van der Waals surface area contributed by atoms with Gasteiger partial charge in [-0.3, -0.25) is 0 Å². The van der Waals surface area contributed by atoms with Crippen molar-refractivity contribution in [1.82, 2.24) is 0 Å². The SMILES string of the molecule is CC(C)C(Cc1cc(Cl)cc(C(C)C(C)(C)C)c1)c1ccccc1. The monoisotopic (exact) mass is 342 g/mol. The van der Waals surface area contributed by atoms with Gasteiger partial charge in [0.2, 0.25) is 0 Å². The van der Waals surface area contributed by atoms with Crippen LogP contribution >= 0.6 is 11.6 Å². The van der Waals surface area contributed by atoms with Gasteiger partial charge in [0.05, 0.1) is 0 Å². The zero-order valence-corrected chi connectivity index (χ0v) is 16.7. The maximum absolute atomic E-state index is 6.45. The molecule has 2 rings (SSSR count). The van der Waals surface area contributed by atoms with Crippen LogP contribution in [0.5, 0.6) is 0 Å². The second kappa shape index (κ2) is 7.74. The number of hydrogen-bond acceptors (Lipinski definition) is 0. The number of halogens is 1. The molecule has 0 heterocycles. The van der Waals surface area contributed by atoms with Crippen molar-refractivity contribution in [2.75, 3.05) is 0 Å². The minimum atomic E-state index is 0.235. The zero-order valence-electron chi connectivity index (χ0n) is 15.9. The highest BCUT2D eigenvalue weighted by molar-refractivity contribution is 6.30. The molecule has 24 heavy (non-hydrogen) atoms. The van der Waals surface area contributed by atoms with Crippen LogP contribution in [0.4, 0.5) is 0 Å². The van der Waals surface area contributed by atoms with Crippen LogP contribution in [-0.4, -0.2) is 0 Å². The van der Waals surface area contributed by atoms with Gasteiger partial charge in [0.25, 0.3) is 0 Å². The molecule has 130 valence electrons. The van der Waals surface area contributed by atoms with Crippen LogP contribution < -0.4 is 0 Å². The fourth-order valence-electron chi connectivity index (χ4n) is 3.24. The maximum atomic E-state index is 6.45. The molecule has 2 aromatic rings. The lowest BCUT2D eigenvalue weighted by molar-refractivity contribution is 0.339. The van der Waals surface area contributed by atoms with Gasteiger partial charge in [-0.1, -0.05) is 89.5 Å². The minimum Gasteiger partial charge on any atom is -0.0843 e. The van der Waals surface area contributed by atoms with E-state index in [1.807, 2.05) is 0 Å². The van der Waals surface area contributed by atoms with E-state index in [2.05, 4.69) is 90.1 Å². The molecule has 0 saturated heterocycles. The number of rotatable bonds is 5. The summed E-state index contributed by atoms with van der Waals surface area (Å²) >= 11 is 6.45. The first-order valence-corrected chi connectivity index (χ1v) is 9.40. The second-order valence-electron chi connectivity index (χ2n) is 8.45. The second-order valence-corrected chi connectivity index (χ2v) is 8.88. The van der Waals surface area contributed by atoms with Crippen molar-refractivity contribution in [2.24, 2.45) is 11.3 Å². The topological polar surface area (TPSA) is 0 Å². The highest BCUT2D eigenvalue weighted by Crippen LogP contribution is 2.37. The van der Waals surface area contributed by atoms with Gasteiger partial charge in [-0.15, -0.1) is 0 Å². The van der Waals surface area contributed by atoms with Crippen LogP contribution in [0.1, 0.15) is 70.1 Å². The van der Waals surface area contributed by atoms with E-state index in [0.717, 1.165) is 11.4 Å². The van der Waals surface area contributed by atoms with Gasteiger partial charge in [0, 0.05) is 5.02 Å². The van der Waals surface area contributed by atoms with Gasteiger partial charge in [-0.25, -0.2) is 0 Å². The zero-order chi connectivity index (χ0) is 17.9. The van der Waals surface area contributed by atoms with E-state index in [9.17, 15) is 0 Å². The molecule has 2 atom stereocenters. The smallest absolute Gasteiger partial charge is 0.0411 e. The summed E-state index contributed by atoms with van der Waals surface area (Å²) in [5.41, 5.74) is 4.34. The lowest BCUT2D eigenvalue weighted by Gasteiger charge is -2.29. The Morgan fingerprint density at radius 2 is 1.50 bits per heavy atom. The van der Waals surface area contributed by atoms with Crippen LogP contribution in [0.15, 0.2) is 48.5 Å². The third-order valence-corrected chi connectivity index (χ3v) is 5.49. The summed E-state index contributed by atoms with van der Waals surface area (Å²) in [5.74, 6) is 1.58. The highest BCUT2D eigenvalue weighted by Gasteiger charge is 2.23. The molecule has 0 nitrogen and oxygen atoms in total. The van der Waals surface area contributed by atoms with Gasteiger partial charge in [-0.05, 0) is 58.4 Å². The van der Waals surface area contributed by atoms with E-state index in [1.54, 1.807) is 0 Å². The first-order chi connectivity index (χ1) is 11.2. The molecule has 0 saturated carbocycles. The molecule has 0 bridgehead atoms. The van der Waals surface area contributed by atoms with Gasteiger partial charge < -0.3 is 0 Å². The number of hydrogen-bond donors (Lipinski definition) is 0. The summed E-state index contributed by atoms with van der Waals surface area (Å²) in [4.78, 5) is 0. The van der Waals surface area contributed by atoms with Crippen molar-refractivity contribution in [3.63, 3.8) is 0 Å². The van der Waals surface area contributed by atoms with Crippen LogP contribution in [-0.2, 0) is 6.42 Å². The Morgan fingerprint density at radius 1 is 0.875 bits per heavy atom. The quantitative estimate of drug-likeness (QED) is 0.528. The van der Waals surface area contributed by atoms with Gasteiger partial charge in [-0.2, -0.15) is 0 Å². The molecule has 0 spiro atoms. The Hall–Kier alpha value is -1.27. The lowest BCUT2D eigenvalue weighted by Crippen LogP contribution is -2.16. The van der Waals surface area contributed by atoms with Gasteiger partial charge in [0.15, 0.2) is 0 Å². The Labute approximate surface area is 153 Å². The minimum absolute atomic E-state index is 0.235. The van der Waals surface area contributed by atoms with E-state index in [0.29, 0.717) is 17.8 Å². The van der Waals surface area contributed by atoms with E-state index in [4.69, 9.17) is 11.6 Å². The summed E-state index contributed by atoms with van der Waals surface area (Å²) < 4.78 is 0.